The molecule has 1 N–H and O–H groups in total. The van der Waals surface area contributed by atoms with E-state index in [9.17, 15) is 5.11 Å². The van der Waals surface area contributed by atoms with Crippen LogP contribution in [0.3, 0.4) is 0 Å². The molecule has 0 fully saturated rings. The summed E-state index contributed by atoms with van der Waals surface area (Å²) in [5, 5.41) is 10.7. The lowest BCUT2D eigenvalue weighted by Gasteiger charge is -2.25. The normalized spacial score (nSPS) is 13.5. The minimum Gasteiger partial charge on any atom is -0.493 e. The van der Waals surface area contributed by atoms with Crippen molar-refractivity contribution in [2.24, 2.45) is 0 Å². The molecule has 21 heavy (non-hydrogen) atoms. The standard InChI is InChI=1S/C18H22O3/c1-18(19,12-11-14-7-5-4-6-8-14)15-9-10-16(20-2)17(13-15)21-3/h4-10,13,19H,11-12H2,1-3H3. The Bertz CT molecular complexity index is 576. The maximum Gasteiger partial charge on any atom is 0.161 e. The first kappa shape index (κ1) is 15.4. The molecule has 0 aliphatic rings. The fourth-order valence-corrected chi connectivity index (χ4v) is 2.35. The Morgan fingerprint density at radius 1 is 0.952 bits per heavy atom. The van der Waals surface area contributed by atoms with Gasteiger partial charge in [-0.05, 0) is 43.0 Å². The Kier molecular flexibility index (Phi) is 4.86. The summed E-state index contributed by atoms with van der Waals surface area (Å²) in [6.45, 7) is 1.83. The van der Waals surface area contributed by atoms with Crippen molar-refractivity contribution in [3.63, 3.8) is 0 Å². The minimum absolute atomic E-state index is 0.634. The van der Waals surface area contributed by atoms with Crippen molar-refractivity contribution in [1.29, 1.82) is 0 Å². The molecule has 0 aromatic heterocycles. The van der Waals surface area contributed by atoms with Crippen LogP contribution in [-0.2, 0) is 12.0 Å². The van der Waals surface area contributed by atoms with Crippen LogP contribution < -0.4 is 9.47 Å². The molecule has 3 heteroatoms. The highest BCUT2D eigenvalue weighted by atomic mass is 16.5. The van der Waals surface area contributed by atoms with Crippen LogP contribution in [0.1, 0.15) is 24.5 Å². The molecule has 0 aliphatic heterocycles. The molecule has 2 aromatic carbocycles. The Labute approximate surface area is 126 Å². The average molecular weight is 286 g/mol. The van der Waals surface area contributed by atoms with E-state index in [2.05, 4.69) is 12.1 Å². The second kappa shape index (κ2) is 6.64. The summed E-state index contributed by atoms with van der Waals surface area (Å²) in [6, 6.07) is 15.7. The lowest BCUT2D eigenvalue weighted by Crippen LogP contribution is -2.22. The summed E-state index contributed by atoms with van der Waals surface area (Å²) in [6.07, 6.45) is 1.47. The van der Waals surface area contributed by atoms with Gasteiger partial charge in [-0.2, -0.15) is 0 Å². The molecule has 0 spiro atoms. The van der Waals surface area contributed by atoms with Crippen LogP contribution in [0.2, 0.25) is 0 Å². The van der Waals surface area contributed by atoms with E-state index in [1.54, 1.807) is 14.2 Å². The summed E-state index contributed by atoms with van der Waals surface area (Å²) < 4.78 is 10.5. The van der Waals surface area contributed by atoms with Crippen molar-refractivity contribution in [2.45, 2.75) is 25.4 Å². The van der Waals surface area contributed by atoms with Gasteiger partial charge < -0.3 is 14.6 Å². The first-order valence-electron chi connectivity index (χ1n) is 7.05. The van der Waals surface area contributed by atoms with Gasteiger partial charge in [-0.25, -0.2) is 0 Å². The fourth-order valence-electron chi connectivity index (χ4n) is 2.35. The van der Waals surface area contributed by atoms with Gasteiger partial charge in [0.1, 0.15) is 0 Å². The Morgan fingerprint density at radius 3 is 2.24 bits per heavy atom. The van der Waals surface area contributed by atoms with Gasteiger partial charge >= 0.3 is 0 Å². The van der Waals surface area contributed by atoms with Crippen molar-refractivity contribution in [3.8, 4) is 11.5 Å². The lowest BCUT2D eigenvalue weighted by atomic mass is 9.89. The number of aliphatic hydroxyl groups is 1. The molecule has 2 rings (SSSR count). The van der Waals surface area contributed by atoms with E-state index in [0.29, 0.717) is 17.9 Å². The van der Waals surface area contributed by atoms with E-state index >= 15 is 0 Å². The molecule has 112 valence electrons. The highest BCUT2D eigenvalue weighted by molar-refractivity contribution is 5.44. The molecule has 0 aliphatic carbocycles. The third-order valence-corrected chi connectivity index (χ3v) is 3.75. The molecule has 0 bridgehead atoms. The molecular weight excluding hydrogens is 264 g/mol. The van der Waals surface area contributed by atoms with E-state index in [4.69, 9.17) is 9.47 Å². The largest absolute Gasteiger partial charge is 0.493 e. The fraction of sp³-hybridized carbons (Fsp3) is 0.333. The molecule has 2 aromatic rings. The van der Waals surface area contributed by atoms with Gasteiger partial charge in [0, 0.05) is 0 Å². The van der Waals surface area contributed by atoms with E-state index in [1.165, 1.54) is 5.56 Å². The lowest BCUT2D eigenvalue weighted by molar-refractivity contribution is 0.0478. The molecular formula is C18H22O3. The number of benzene rings is 2. The van der Waals surface area contributed by atoms with Gasteiger partial charge in [0.05, 0.1) is 19.8 Å². The number of hydrogen-bond donors (Lipinski definition) is 1. The number of ether oxygens (including phenoxy) is 2. The second-order valence-electron chi connectivity index (χ2n) is 5.33. The van der Waals surface area contributed by atoms with Crippen LogP contribution in [0.4, 0.5) is 0 Å². The number of rotatable bonds is 6. The smallest absolute Gasteiger partial charge is 0.161 e. The van der Waals surface area contributed by atoms with Crippen molar-refractivity contribution < 1.29 is 14.6 Å². The zero-order valence-electron chi connectivity index (χ0n) is 12.8. The van der Waals surface area contributed by atoms with Gasteiger partial charge in [-0.3, -0.25) is 0 Å². The molecule has 1 atom stereocenters. The predicted octanol–water partition coefficient (Wildman–Crippen LogP) is 3.54. The zero-order chi connectivity index (χ0) is 15.3. The summed E-state index contributed by atoms with van der Waals surface area (Å²) in [7, 11) is 3.20. The molecule has 0 saturated carbocycles. The van der Waals surface area contributed by atoms with Crippen molar-refractivity contribution in [2.75, 3.05) is 14.2 Å². The Morgan fingerprint density at radius 2 is 1.62 bits per heavy atom. The summed E-state index contributed by atoms with van der Waals surface area (Å²) in [5.41, 5.74) is 1.14. The van der Waals surface area contributed by atoms with E-state index in [0.717, 1.165) is 12.0 Å². The monoisotopic (exact) mass is 286 g/mol. The molecule has 0 radical (unpaired) electrons. The van der Waals surface area contributed by atoms with Crippen LogP contribution >= 0.6 is 0 Å². The van der Waals surface area contributed by atoms with Crippen LogP contribution in [-0.4, -0.2) is 19.3 Å². The maximum atomic E-state index is 10.7. The topological polar surface area (TPSA) is 38.7 Å². The zero-order valence-corrected chi connectivity index (χ0v) is 12.8. The van der Waals surface area contributed by atoms with Crippen molar-refractivity contribution in [3.05, 3.63) is 59.7 Å². The van der Waals surface area contributed by atoms with Crippen molar-refractivity contribution >= 4 is 0 Å². The van der Waals surface area contributed by atoms with Crippen LogP contribution in [0.5, 0.6) is 11.5 Å². The van der Waals surface area contributed by atoms with Gasteiger partial charge in [0.15, 0.2) is 11.5 Å². The quantitative estimate of drug-likeness (QED) is 0.882. The van der Waals surface area contributed by atoms with Crippen LogP contribution in [0.15, 0.2) is 48.5 Å². The van der Waals surface area contributed by atoms with Crippen molar-refractivity contribution in [1.82, 2.24) is 0 Å². The van der Waals surface area contributed by atoms with Gasteiger partial charge in [0.25, 0.3) is 0 Å². The molecule has 0 heterocycles. The van der Waals surface area contributed by atoms with Gasteiger partial charge in [-0.1, -0.05) is 36.4 Å². The maximum absolute atomic E-state index is 10.7. The average Bonchev–Trinajstić information content (AvgIpc) is 2.53. The van der Waals surface area contributed by atoms with Crippen LogP contribution in [0.25, 0.3) is 0 Å². The number of aryl methyl sites for hydroxylation is 1. The summed E-state index contributed by atoms with van der Waals surface area (Å²) >= 11 is 0. The Balaban J connectivity index is 2.15. The predicted molar refractivity (Wildman–Crippen MR) is 83.9 cm³/mol. The molecule has 0 saturated heterocycles. The van der Waals surface area contributed by atoms with Crippen LogP contribution in [0, 0.1) is 0 Å². The second-order valence-corrected chi connectivity index (χ2v) is 5.33. The van der Waals surface area contributed by atoms with E-state index in [1.807, 2.05) is 43.3 Å². The van der Waals surface area contributed by atoms with E-state index in [-0.39, 0.29) is 0 Å². The first-order valence-corrected chi connectivity index (χ1v) is 7.05. The number of methoxy groups -OCH3 is 2. The third-order valence-electron chi connectivity index (χ3n) is 3.75. The van der Waals surface area contributed by atoms with E-state index < -0.39 is 5.60 Å². The number of hydrogen-bond acceptors (Lipinski definition) is 3. The van der Waals surface area contributed by atoms with Gasteiger partial charge in [0.2, 0.25) is 0 Å². The Hall–Kier alpha value is -2.00. The van der Waals surface area contributed by atoms with Gasteiger partial charge in [-0.15, -0.1) is 0 Å². The molecule has 3 nitrogen and oxygen atoms in total. The summed E-state index contributed by atoms with van der Waals surface area (Å²) in [4.78, 5) is 0. The summed E-state index contributed by atoms with van der Waals surface area (Å²) in [5.74, 6) is 1.30. The SMILES string of the molecule is COc1ccc(C(C)(O)CCc2ccccc2)cc1OC. The minimum atomic E-state index is -0.907. The first-order chi connectivity index (χ1) is 10.1. The molecule has 1 unspecified atom stereocenters. The highest BCUT2D eigenvalue weighted by Gasteiger charge is 2.24. The molecule has 0 amide bonds. The highest BCUT2D eigenvalue weighted by Crippen LogP contribution is 2.34. The third kappa shape index (κ3) is 3.76.